The van der Waals surface area contributed by atoms with Crippen molar-refractivity contribution in [2.24, 2.45) is 0 Å². The van der Waals surface area contributed by atoms with Gasteiger partial charge in [-0.2, -0.15) is 0 Å². The number of anilines is 2. The summed E-state index contributed by atoms with van der Waals surface area (Å²) in [5.41, 5.74) is 3.15. The van der Waals surface area contributed by atoms with Gasteiger partial charge in [0.2, 0.25) is 0 Å². The minimum atomic E-state index is -0.163. The van der Waals surface area contributed by atoms with E-state index in [0.717, 1.165) is 74.4 Å². The van der Waals surface area contributed by atoms with Crippen molar-refractivity contribution < 1.29 is 13.9 Å². The van der Waals surface area contributed by atoms with Crippen LogP contribution in [0.15, 0.2) is 46.9 Å². The normalized spacial score (nSPS) is 14.7. The molecule has 0 atom stereocenters. The second kappa shape index (κ2) is 10.1. The zero-order valence-corrected chi connectivity index (χ0v) is 19.3. The van der Waals surface area contributed by atoms with E-state index in [-0.39, 0.29) is 5.91 Å². The summed E-state index contributed by atoms with van der Waals surface area (Å²) < 4.78 is 11.7. The number of furan rings is 1. The van der Waals surface area contributed by atoms with Crippen molar-refractivity contribution in [3.05, 3.63) is 53.8 Å². The third kappa shape index (κ3) is 4.60. The standard InChI is InChI=1S/C26H33N3O3/c1-4-6-10-23-25(20-9-7-8-11-22(20)32-23)26(30)27-21-13-12-19(18-24(21)31-3)29-16-14-28(5-2)15-17-29/h7-9,11-13,18H,4-6,10,14-17H2,1-3H3,(H,27,30). The first-order valence-electron chi connectivity index (χ1n) is 11.6. The summed E-state index contributed by atoms with van der Waals surface area (Å²) in [6, 6.07) is 13.7. The number of piperazine rings is 1. The number of unbranched alkanes of at least 4 members (excludes halogenated alkanes) is 1. The fourth-order valence-electron chi connectivity index (χ4n) is 4.35. The maximum Gasteiger partial charge on any atom is 0.259 e. The number of nitrogens with zero attached hydrogens (tertiary/aromatic N) is 2. The maximum atomic E-state index is 13.4. The lowest BCUT2D eigenvalue weighted by atomic mass is 10.1. The molecule has 0 unspecified atom stereocenters. The van der Waals surface area contributed by atoms with Crippen LogP contribution in [0, 0.1) is 0 Å². The monoisotopic (exact) mass is 435 g/mol. The Bertz CT molecular complexity index is 1070. The smallest absolute Gasteiger partial charge is 0.259 e. The van der Waals surface area contributed by atoms with Gasteiger partial charge in [0.1, 0.15) is 17.1 Å². The molecule has 1 aromatic heterocycles. The van der Waals surface area contributed by atoms with Crippen molar-refractivity contribution >= 4 is 28.3 Å². The Balaban J connectivity index is 1.57. The predicted molar refractivity (Wildman–Crippen MR) is 130 cm³/mol. The van der Waals surface area contributed by atoms with Gasteiger partial charge in [0.15, 0.2) is 0 Å². The molecule has 1 saturated heterocycles. The van der Waals surface area contributed by atoms with E-state index in [2.05, 4.69) is 35.0 Å². The van der Waals surface area contributed by atoms with Gasteiger partial charge in [-0.05, 0) is 31.2 Å². The number of amides is 1. The maximum absolute atomic E-state index is 13.4. The molecule has 0 aliphatic carbocycles. The van der Waals surface area contributed by atoms with E-state index < -0.39 is 0 Å². The SMILES string of the molecule is CCCCc1oc2ccccc2c1C(=O)Nc1ccc(N2CCN(CC)CC2)cc1OC. The quantitative estimate of drug-likeness (QED) is 0.528. The van der Waals surface area contributed by atoms with Crippen LogP contribution in [0.4, 0.5) is 11.4 Å². The third-order valence-corrected chi connectivity index (χ3v) is 6.27. The number of rotatable bonds is 8. The predicted octanol–water partition coefficient (Wildman–Crippen LogP) is 5.18. The van der Waals surface area contributed by atoms with Crippen LogP contribution in [0.2, 0.25) is 0 Å². The van der Waals surface area contributed by atoms with Crippen LogP contribution in [-0.4, -0.2) is 50.6 Å². The largest absolute Gasteiger partial charge is 0.494 e. The first-order chi connectivity index (χ1) is 15.6. The average molecular weight is 436 g/mol. The van der Waals surface area contributed by atoms with Crippen molar-refractivity contribution in [2.45, 2.75) is 33.1 Å². The Morgan fingerprint density at radius 2 is 1.88 bits per heavy atom. The molecular weight excluding hydrogens is 402 g/mol. The molecule has 0 radical (unpaired) electrons. The lowest BCUT2D eigenvalue weighted by molar-refractivity contribution is 0.102. The molecule has 6 heteroatoms. The number of para-hydroxylation sites is 1. The van der Waals surface area contributed by atoms with E-state index in [1.165, 1.54) is 0 Å². The van der Waals surface area contributed by atoms with Gasteiger partial charge in [-0.25, -0.2) is 0 Å². The molecule has 2 aromatic carbocycles. The summed E-state index contributed by atoms with van der Waals surface area (Å²) >= 11 is 0. The summed E-state index contributed by atoms with van der Waals surface area (Å²) in [6.07, 6.45) is 2.76. The van der Waals surface area contributed by atoms with Crippen LogP contribution >= 0.6 is 0 Å². The molecular formula is C26H33N3O3. The molecule has 0 bridgehead atoms. The molecule has 1 aliphatic rings. The van der Waals surface area contributed by atoms with Crippen LogP contribution in [-0.2, 0) is 6.42 Å². The molecule has 1 N–H and O–H groups in total. The van der Waals surface area contributed by atoms with Gasteiger partial charge in [0, 0.05) is 49.7 Å². The molecule has 3 aromatic rings. The highest BCUT2D eigenvalue weighted by Crippen LogP contribution is 2.33. The zero-order chi connectivity index (χ0) is 22.5. The molecule has 6 nitrogen and oxygen atoms in total. The van der Waals surface area contributed by atoms with Gasteiger partial charge in [-0.3, -0.25) is 4.79 Å². The second-order valence-corrected chi connectivity index (χ2v) is 8.26. The van der Waals surface area contributed by atoms with Crippen LogP contribution in [0.25, 0.3) is 11.0 Å². The lowest BCUT2D eigenvalue weighted by Crippen LogP contribution is -2.46. The molecule has 0 spiro atoms. The summed E-state index contributed by atoms with van der Waals surface area (Å²) in [5.74, 6) is 1.25. The number of methoxy groups -OCH3 is 1. The number of nitrogens with one attached hydrogen (secondary N) is 1. The highest BCUT2D eigenvalue weighted by molar-refractivity contribution is 6.13. The first-order valence-corrected chi connectivity index (χ1v) is 11.6. The van der Waals surface area contributed by atoms with Crippen LogP contribution in [0.5, 0.6) is 5.75 Å². The Kier molecular flexibility index (Phi) is 7.00. The topological polar surface area (TPSA) is 58.0 Å². The van der Waals surface area contributed by atoms with Crippen molar-refractivity contribution in [2.75, 3.05) is 50.1 Å². The van der Waals surface area contributed by atoms with Gasteiger partial charge < -0.3 is 24.3 Å². The third-order valence-electron chi connectivity index (χ3n) is 6.27. The first kappa shape index (κ1) is 22.2. The van der Waals surface area contributed by atoms with Crippen molar-refractivity contribution in [3.63, 3.8) is 0 Å². The molecule has 0 saturated carbocycles. The summed E-state index contributed by atoms with van der Waals surface area (Å²) in [4.78, 5) is 18.2. The minimum absolute atomic E-state index is 0.163. The Hall–Kier alpha value is -2.99. The molecule has 32 heavy (non-hydrogen) atoms. The Morgan fingerprint density at radius 1 is 1.09 bits per heavy atom. The van der Waals surface area contributed by atoms with Crippen LogP contribution < -0.4 is 15.0 Å². The molecule has 1 aliphatic heterocycles. The van der Waals surface area contributed by atoms with Gasteiger partial charge in [-0.15, -0.1) is 0 Å². The number of fused-ring (bicyclic) bond motifs is 1. The van der Waals surface area contributed by atoms with Gasteiger partial charge in [0.25, 0.3) is 5.91 Å². The fraction of sp³-hybridized carbons (Fsp3) is 0.423. The number of benzene rings is 2. The Labute approximate surface area is 190 Å². The van der Waals surface area contributed by atoms with Gasteiger partial charge in [0.05, 0.1) is 18.4 Å². The summed E-state index contributed by atoms with van der Waals surface area (Å²) in [7, 11) is 1.64. The number of ether oxygens (including phenoxy) is 1. The molecule has 1 amide bonds. The number of hydrogen-bond donors (Lipinski definition) is 1. The number of likely N-dealkylation sites (N-methyl/N-ethyl adjacent to an activating group) is 1. The molecule has 4 rings (SSSR count). The van der Waals surface area contributed by atoms with E-state index in [0.29, 0.717) is 17.0 Å². The number of carbonyl (C=O) groups is 1. The number of aryl methyl sites for hydroxylation is 1. The highest BCUT2D eigenvalue weighted by Gasteiger charge is 2.22. The molecule has 1 fully saturated rings. The van der Waals surface area contributed by atoms with E-state index in [4.69, 9.17) is 9.15 Å². The molecule has 2 heterocycles. The second-order valence-electron chi connectivity index (χ2n) is 8.26. The van der Waals surface area contributed by atoms with E-state index in [1.54, 1.807) is 7.11 Å². The van der Waals surface area contributed by atoms with E-state index in [9.17, 15) is 4.79 Å². The lowest BCUT2D eigenvalue weighted by Gasteiger charge is -2.35. The summed E-state index contributed by atoms with van der Waals surface area (Å²) in [6.45, 7) is 9.53. The zero-order valence-electron chi connectivity index (χ0n) is 19.3. The van der Waals surface area contributed by atoms with Crippen molar-refractivity contribution in [1.29, 1.82) is 0 Å². The minimum Gasteiger partial charge on any atom is -0.494 e. The average Bonchev–Trinajstić information content (AvgIpc) is 3.21. The van der Waals surface area contributed by atoms with Gasteiger partial charge in [-0.1, -0.05) is 38.5 Å². The van der Waals surface area contributed by atoms with Gasteiger partial charge >= 0.3 is 0 Å². The highest BCUT2D eigenvalue weighted by atomic mass is 16.5. The molecule has 170 valence electrons. The number of carbonyl (C=O) groups excluding carboxylic acids is 1. The fourth-order valence-corrected chi connectivity index (χ4v) is 4.35. The Morgan fingerprint density at radius 3 is 2.59 bits per heavy atom. The van der Waals surface area contributed by atoms with Crippen LogP contribution in [0.1, 0.15) is 42.8 Å². The van der Waals surface area contributed by atoms with E-state index in [1.807, 2.05) is 36.4 Å². The van der Waals surface area contributed by atoms with Crippen molar-refractivity contribution in [3.8, 4) is 5.75 Å². The van der Waals surface area contributed by atoms with Crippen molar-refractivity contribution in [1.82, 2.24) is 4.90 Å². The summed E-state index contributed by atoms with van der Waals surface area (Å²) in [5, 5.41) is 3.92. The van der Waals surface area contributed by atoms with E-state index >= 15 is 0 Å². The van der Waals surface area contributed by atoms with Crippen LogP contribution in [0.3, 0.4) is 0 Å². The number of hydrogen-bond acceptors (Lipinski definition) is 5.